The quantitative estimate of drug-likeness (QED) is 0.642. The van der Waals surface area contributed by atoms with Gasteiger partial charge in [0.05, 0.1) is 6.42 Å². The Hall–Kier alpha value is -2.04. The first-order valence-corrected chi connectivity index (χ1v) is 7.29. The van der Waals surface area contributed by atoms with E-state index in [0.29, 0.717) is 18.5 Å². The average Bonchev–Trinajstić information content (AvgIpc) is 2.38. The minimum Gasteiger partial charge on any atom is -0.481 e. The van der Waals surface area contributed by atoms with Crippen LogP contribution in [0.3, 0.4) is 0 Å². The van der Waals surface area contributed by atoms with Crippen molar-refractivity contribution in [3.8, 4) is 0 Å². The van der Waals surface area contributed by atoms with Gasteiger partial charge in [0.15, 0.2) is 0 Å². The fraction of sp³-hybridized carbons (Fsp3) is 0.500. The summed E-state index contributed by atoms with van der Waals surface area (Å²) in [6.07, 6.45) is 1.82. The number of amides is 1. The van der Waals surface area contributed by atoms with Gasteiger partial charge in [0.1, 0.15) is 0 Å². The number of carbonyl (C=O) groups is 2. The lowest BCUT2D eigenvalue weighted by molar-refractivity contribution is -0.137. The SMILES string of the molecule is CCCC(CC(=O)O)NC(=O)CC(C)c1ccc(N)cc1. The third kappa shape index (κ3) is 6.29. The standard InChI is InChI=1S/C16H24N2O3/c1-3-4-14(10-16(20)21)18-15(19)9-11(2)12-5-7-13(17)8-6-12/h5-8,11,14H,3-4,9-10,17H2,1-2H3,(H,18,19)(H,20,21). The van der Waals surface area contributed by atoms with Crippen molar-refractivity contribution in [2.45, 2.75) is 51.5 Å². The van der Waals surface area contributed by atoms with E-state index < -0.39 is 5.97 Å². The number of carbonyl (C=O) groups excluding carboxylic acids is 1. The second-order valence-corrected chi connectivity index (χ2v) is 5.42. The van der Waals surface area contributed by atoms with Crippen LogP contribution in [0.1, 0.15) is 51.0 Å². The largest absolute Gasteiger partial charge is 0.481 e. The highest BCUT2D eigenvalue weighted by Crippen LogP contribution is 2.20. The summed E-state index contributed by atoms with van der Waals surface area (Å²) in [7, 11) is 0. The van der Waals surface area contributed by atoms with Gasteiger partial charge in [-0.2, -0.15) is 0 Å². The van der Waals surface area contributed by atoms with Gasteiger partial charge < -0.3 is 16.2 Å². The highest BCUT2D eigenvalue weighted by molar-refractivity contribution is 5.78. The van der Waals surface area contributed by atoms with E-state index in [1.807, 2.05) is 38.1 Å². The van der Waals surface area contributed by atoms with Gasteiger partial charge in [-0.25, -0.2) is 0 Å². The first-order valence-electron chi connectivity index (χ1n) is 7.29. The summed E-state index contributed by atoms with van der Waals surface area (Å²) in [5, 5.41) is 11.7. The van der Waals surface area contributed by atoms with Gasteiger partial charge in [-0.1, -0.05) is 32.4 Å². The van der Waals surface area contributed by atoms with E-state index in [2.05, 4.69) is 5.32 Å². The van der Waals surface area contributed by atoms with Crippen LogP contribution in [-0.2, 0) is 9.59 Å². The van der Waals surface area contributed by atoms with E-state index in [-0.39, 0.29) is 24.3 Å². The molecule has 116 valence electrons. The van der Waals surface area contributed by atoms with Crippen molar-refractivity contribution in [1.82, 2.24) is 5.32 Å². The van der Waals surface area contributed by atoms with Crippen LogP contribution in [0.25, 0.3) is 0 Å². The van der Waals surface area contributed by atoms with Crippen LogP contribution in [-0.4, -0.2) is 23.0 Å². The van der Waals surface area contributed by atoms with Crippen molar-refractivity contribution in [2.24, 2.45) is 0 Å². The molecule has 0 saturated carbocycles. The van der Waals surface area contributed by atoms with Crippen LogP contribution in [0.15, 0.2) is 24.3 Å². The maximum Gasteiger partial charge on any atom is 0.305 e. The maximum atomic E-state index is 12.0. The molecule has 0 aliphatic rings. The van der Waals surface area contributed by atoms with Crippen LogP contribution >= 0.6 is 0 Å². The van der Waals surface area contributed by atoms with E-state index in [1.54, 1.807) is 0 Å². The number of carboxylic acids is 1. The second-order valence-electron chi connectivity index (χ2n) is 5.42. The van der Waals surface area contributed by atoms with Gasteiger partial charge in [0, 0.05) is 18.2 Å². The van der Waals surface area contributed by atoms with E-state index >= 15 is 0 Å². The molecule has 1 aromatic carbocycles. The first-order chi connectivity index (χ1) is 9.92. The number of nitrogen functional groups attached to an aromatic ring is 1. The molecule has 1 rings (SSSR count). The predicted octanol–water partition coefficient (Wildman–Crippen LogP) is 2.52. The molecule has 0 saturated heterocycles. The van der Waals surface area contributed by atoms with Crippen LogP contribution in [0.5, 0.6) is 0 Å². The molecule has 4 N–H and O–H groups in total. The molecule has 0 spiro atoms. The summed E-state index contributed by atoms with van der Waals surface area (Å²) in [6, 6.07) is 7.16. The Labute approximate surface area is 125 Å². The Morgan fingerprint density at radius 2 is 1.86 bits per heavy atom. The Morgan fingerprint density at radius 3 is 2.38 bits per heavy atom. The Balaban J connectivity index is 2.54. The molecule has 2 unspecified atom stereocenters. The topological polar surface area (TPSA) is 92.4 Å². The van der Waals surface area contributed by atoms with Crippen molar-refractivity contribution in [1.29, 1.82) is 0 Å². The fourth-order valence-corrected chi connectivity index (χ4v) is 2.29. The Morgan fingerprint density at radius 1 is 1.24 bits per heavy atom. The van der Waals surface area contributed by atoms with Crippen molar-refractivity contribution >= 4 is 17.6 Å². The lowest BCUT2D eigenvalue weighted by Gasteiger charge is -2.18. The highest BCUT2D eigenvalue weighted by Gasteiger charge is 2.17. The lowest BCUT2D eigenvalue weighted by Crippen LogP contribution is -2.36. The monoisotopic (exact) mass is 292 g/mol. The van der Waals surface area contributed by atoms with E-state index in [4.69, 9.17) is 10.8 Å². The number of anilines is 1. The number of aliphatic carboxylic acids is 1. The van der Waals surface area contributed by atoms with Crippen LogP contribution in [0, 0.1) is 0 Å². The van der Waals surface area contributed by atoms with E-state index in [1.165, 1.54) is 0 Å². The lowest BCUT2D eigenvalue weighted by atomic mass is 9.97. The Bertz CT molecular complexity index is 471. The number of hydrogen-bond acceptors (Lipinski definition) is 3. The van der Waals surface area contributed by atoms with Crippen molar-refractivity contribution in [2.75, 3.05) is 5.73 Å². The first kappa shape index (κ1) is 17.0. The molecular formula is C16H24N2O3. The summed E-state index contributed by atoms with van der Waals surface area (Å²) in [6.45, 7) is 3.94. The van der Waals surface area contributed by atoms with Crippen molar-refractivity contribution in [3.05, 3.63) is 29.8 Å². The molecular weight excluding hydrogens is 268 g/mol. The molecule has 0 aromatic heterocycles. The molecule has 5 heteroatoms. The number of nitrogens with two attached hydrogens (primary N) is 1. The van der Waals surface area contributed by atoms with Gasteiger partial charge in [0.25, 0.3) is 0 Å². The molecule has 0 bridgehead atoms. The molecule has 1 aromatic rings. The van der Waals surface area contributed by atoms with Gasteiger partial charge in [-0.05, 0) is 30.0 Å². The number of benzene rings is 1. The molecule has 0 aliphatic carbocycles. The Kier molecular flexibility index (Phi) is 6.72. The van der Waals surface area contributed by atoms with Crippen LogP contribution < -0.4 is 11.1 Å². The minimum atomic E-state index is -0.889. The summed E-state index contributed by atoms with van der Waals surface area (Å²) < 4.78 is 0. The number of nitrogens with one attached hydrogen (secondary N) is 1. The van der Waals surface area contributed by atoms with Gasteiger partial charge >= 0.3 is 5.97 Å². The summed E-state index contributed by atoms with van der Waals surface area (Å²) in [4.78, 5) is 22.8. The summed E-state index contributed by atoms with van der Waals surface area (Å²) >= 11 is 0. The molecule has 0 fully saturated rings. The minimum absolute atomic E-state index is 0.0319. The second kappa shape index (κ2) is 8.29. The van der Waals surface area contributed by atoms with Gasteiger partial charge in [-0.3, -0.25) is 9.59 Å². The zero-order valence-corrected chi connectivity index (χ0v) is 12.6. The molecule has 0 aliphatic heterocycles. The molecule has 21 heavy (non-hydrogen) atoms. The zero-order chi connectivity index (χ0) is 15.8. The summed E-state index contributed by atoms with van der Waals surface area (Å²) in [5.74, 6) is -0.933. The fourth-order valence-electron chi connectivity index (χ4n) is 2.29. The molecule has 1 amide bonds. The van der Waals surface area contributed by atoms with Crippen molar-refractivity contribution < 1.29 is 14.7 Å². The normalized spacial score (nSPS) is 13.4. The highest BCUT2D eigenvalue weighted by atomic mass is 16.4. The van der Waals surface area contributed by atoms with Gasteiger partial charge in [0.2, 0.25) is 5.91 Å². The van der Waals surface area contributed by atoms with Gasteiger partial charge in [-0.15, -0.1) is 0 Å². The van der Waals surface area contributed by atoms with Crippen LogP contribution in [0.2, 0.25) is 0 Å². The van der Waals surface area contributed by atoms with Crippen LogP contribution in [0.4, 0.5) is 5.69 Å². The van der Waals surface area contributed by atoms with E-state index in [9.17, 15) is 9.59 Å². The molecule has 2 atom stereocenters. The third-order valence-corrected chi connectivity index (χ3v) is 3.42. The molecule has 0 heterocycles. The average molecular weight is 292 g/mol. The van der Waals surface area contributed by atoms with E-state index in [0.717, 1.165) is 12.0 Å². The summed E-state index contributed by atoms with van der Waals surface area (Å²) in [5.41, 5.74) is 7.38. The van der Waals surface area contributed by atoms with Crippen molar-refractivity contribution in [3.63, 3.8) is 0 Å². The smallest absolute Gasteiger partial charge is 0.305 e. The third-order valence-electron chi connectivity index (χ3n) is 3.42. The number of carboxylic acid groups (broad SMARTS) is 1. The molecule has 0 radical (unpaired) electrons. The number of hydrogen-bond donors (Lipinski definition) is 3. The maximum absolute atomic E-state index is 12.0. The number of rotatable bonds is 8. The molecule has 5 nitrogen and oxygen atoms in total. The predicted molar refractivity (Wildman–Crippen MR) is 83.0 cm³/mol. The zero-order valence-electron chi connectivity index (χ0n) is 12.6.